The number of nitrogens with one attached hydrogen (secondary N) is 2. The van der Waals surface area contributed by atoms with Crippen LogP contribution in [0, 0.1) is 5.41 Å². The molecule has 0 aliphatic carbocycles. The van der Waals surface area contributed by atoms with Crippen molar-refractivity contribution >= 4 is 34.8 Å². The third-order valence-electron chi connectivity index (χ3n) is 2.72. The second-order valence-electron chi connectivity index (χ2n) is 5.61. The quantitative estimate of drug-likeness (QED) is 0.903. The number of carbonyl (C=O) groups is 1. The number of para-hydroxylation sites is 1. The van der Waals surface area contributed by atoms with Crippen LogP contribution in [-0.2, 0) is 4.79 Å². The van der Waals surface area contributed by atoms with Gasteiger partial charge in [0.1, 0.15) is 0 Å². The number of anilines is 3. The molecule has 0 fully saturated rings. The van der Waals surface area contributed by atoms with Crippen LogP contribution in [0.25, 0.3) is 0 Å². The lowest BCUT2D eigenvalue weighted by Crippen LogP contribution is -2.28. The number of carbonyl (C=O) groups excluding carboxylic acids is 1. The first-order valence-corrected chi connectivity index (χ1v) is 6.91. The van der Waals surface area contributed by atoms with Gasteiger partial charge in [0.2, 0.25) is 5.91 Å². The van der Waals surface area contributed by atoms with Gasteiger partial charge in [0, 0.05) is 5.41 Å². The summed E-state index contributed by atoms with van der Waals surface area (Å²) in [6.07, 6.45) is 0. The van der Waals surface area contributed by atoms with E-state index < -0.39 is 5.41 Å². The van der Waals surface area contributed by atoms with Crippen LogP contribution in [0.2, 0.25) is 5.02 Å². The third-order valence-corrected chi connectivity index (χ3v) is 3.05. The number of hydrogen-bond acceptors (Lipinski definition) is 4. The summed E-state index contributed by atoms with van der Waals surface area (Å²) < 4.78 is 0. The van der Waals surface area contributed by atoms with Crippen molar-refractivity contribution in [2.75, 3.05) is 10.6 Å². The molecule has 0 spiro atoms. The molecule has 1 amide bonds. The number of nitrogens with zero attached hydrogens (tertiary/aromatic N) is 2. The average Bonchev–Trinajstić information content (AvgIpc) is 2.42. The summed E-state index contributed by atoms with van der Waals surface area (Å²) in [6.45, 7) is 5.51. The van der Waals surface area contributed by atoms with Crippen LogP contribution < -0.4 is 10.6 Å². The van der Waals surface area contributed by atoms with E-state index in [4.69, 9.17) is 11.6 Å². The molecular formula is C15H17ClN4O. The predicted molar refractivity (Wildman–Crippen MR) is 84.9 cm³/mol. The zero-order valence-electron chi connectivity index (χ0n) is 12.1. The molecule has 2 N–H and O–H groups in total. The largest absolute Gasteiger partial charge is 0.338 e. The summed E-state index contributed by atoms with van der Waals surface area (Å²) >= 11 is 6.06. The molecule has 0 aliphatic heterocycles. The molecule has 1 heterocycles. The topological polar surface area (TPSA) is 66.9 Å². The molecule has 5 nitrogen and oxygen atoms in total. The molecular weight excluding hydrogens is 288 g/mol. The maximum atomic E-state index is 11.8. The van der Waals surface area contributed by atoms with Gasteiger partial charge in [-0.15, -0.1) is 10.2 Å². The number of benzene rings is 1. The van der Waals surface area contributed by atoms with Gasteiger partial charge < -0.3 is 10.6 Å². The van der Waals surface area contributed by atoms with E-state index >= 15 is 0 Å². The summed E-state index contributed by atoms with van der Waals surface area (Å²) in [6, 6.07) is 10.8. The number of amides is 1. The number of aromatic nitrogens is 2. The van der Waals surface area contributed by atoms with E-state index in [2.05, 4.69) is 20.8 Å². The molecule has 0 atom stereocenters. The standard InChI is InChI=1S/C15H17ClN4O/c1-15(2,3)14(21)18-13-9-8-12(19-20-13)17-11-7-5-4-6-10(11)16/h4-9H,1-3H3,(H,17,19)(H,18,20,21). The van der Waals surface area contributed by atoms with Crippen LogP contribution in [-0.4, -0.2) is 16.1 Å². The van der Waals surface area contributed by atoms with E-state index in [9.17, 15) is 4.79 Å². The van der Waals surface area contributed by atoms with Crippen molar-refractivity contribution in [2.24, 2.45) is 5.41 Å². The van der Waals surface area contributed by atoms with E-state index in [0.717, 1.165) is 5.69 Å². The summed E-state index contributed by atoms with van der Waals surface area (Å²) in [7, 11) is 0. The lowest BCUT2D eigenvalue weighted by Gasteiger charge is -2.16. The lowest BCUT2D eigenvalue weighted by molar-refractivity contribution is -0.123. The Balaban J connectivity index is 2.06. The molecule has 110 valence electrons. The monoisotopic (exact) mass is 304 g/mol. The molecule has 2 rings (SSSR count). The lowest BCUT2D eigenvalue weighted by atomic mass is 9.96. The Kier molecular flexibility index (Phi) is 4.43. The van der Waals surface area contributed by atoms with Crippen molar-refractivity contribution in [3.8, 4) is 0 Å². The highest BCUT2D eigenvalue weighted by atomic mass is 35.5. The van der Waals surface area contributed by atoms with Gasteiger partial charge in [0.25, 0.3) is 0 Å². The van der Waals surface area contributed by atoms with Gasteiger partial charge in [-0.25, -0.2) is 0 Å². The Morgan fingerprint density at radius 1 is 1.05 bits per heavy atom. The molecule has 6 heteroatoms. The summed E-state index contributed by atoms with van der Waals surface area (Å²) in [5, 5.41) is 14.4. The first kappa shape index (κ1) is 15.3. The minimum Gasteiger partial charge on any atom is -0.338 e. The van der Waals surface area contributed by atoms with Crippen molar-refractivity contribution in [1.82, 2.24) is 10.2 Å². The molecule has 0 aliphatic rings. The second kappa shape index (κ2) is 6.10. The smallest absolute Gasteiger partial charge is 0.230 e. The minimum atomic E-state index is -0.476. The summed E-state index contributed by atoms with van der Waals surface area (Å²) in [5.74, 6) is 0.861. The van der Waals surface area contributed by atoms with Gasteiger partial charge in [-0.2, -0.15) is 0 Å². The van der Waals surface area contributed by atoms with Crippen molar-refractivity contribution in [1.29, 1.82) is 0 Å². The molecule has 0 saturated heterocycles. The van der Waals surface area contributed by atoms with Crippen LogP contribution in [0.15, 0.2) is 36.4 Å². The Bertz CT molecular complexity index is 635. The van der Waals surface area contributed by atoms with Crippen molar-refractivity contribution in [3.05, 3.63) is 41.4 Å². The molecule has 1 aromatic heterocycles. The van der Waals surface area contributed by atoms with Gasteiger partial charge >= 0.3 is 0 Å². The zero-order valence-corrected chi connectivity index (χ0v) is 12.9. The van der Waals surface area contributed by atoms with Gasteiger partial charge in [0.15, 0.2) is 11.6 Å². The van der Waals surface area contributed by atoms with E-state index in [0.29, 0.717) is 16.7 Å². The highest BCUT2D eigenvalue weighted by Crippen LogP contribution is 2.24. The minimum absolute atomic E-state index is 0.108. The zero-order chi connectivity index (χ0) is 15.5. The first-order chi connectivity index (χ1) is 9.86. The average molecular weight is 305 g/mol. The molecule has 1 aromatic carbocycles. The van der Waals surface area contributed by atoms with E-state index in [-0.39, 0.29) is 5.91 Å². The maximum absolute atomic E-state index is 11.8. The summed E-state index contributed by atoms with van der Waals surface area (Å²) in [4.78, 5) is 11.8. The van der Waals surface area contributed by atoms with Gasteiger partial charge in [0.05, 0.1) is 10.7 Å². The van der Waals surface area contributed by atoms with Gasteiger partial charge in [-0.1, -0.05) is 44.5 Å². The van der Waals surface area contributed by atoms with Crippen LogP contribution >= 0.6 is 11.6 Å². The van der Waals surface area contributed by atoms with Crippen LogP contribution in [0.3, 0.4) is 0 Å². The molecule has 0 saturated carbocycles. The fourth-order valence-electron chi connectivity index (χ4n) is 1.47. The van der Waals surface area contributed by atoms with Crippen molar-refractivity contribution in [2.45, 2.75) is 20.8 Å². The Labute approximate surface area is 128 Å². The van der Waals surface area contributed by atoms with Crippen LogP contribution in [0.5, 0.6) is 0 Å². The van der Waals surface area contributed by atoms with Crippen molar-refractivity contribution in [3.63, 3.8) is 0 Å². The normalized spacial score (nSPS) is 11.0. The maximum Gasteiger partial charge on any atom is 0.230 e. The first-order valence-electron chi connectivity index (χ1n) is 6.53. The summed E-state index contributed by atoms with van der Waals surface area (Å²) in [5.41, 5.74) is 0.274. The number of rotatable bonds is 3. The van der Waals surface area contributed by atoms with Gasteiger partial charge in [-0.3, -0.25) is 4.79 Å². The Morgan fingerprint density at radius 3 is 2.24 bits per heavy atom. The number of hydrogen-bond donors (Lipinski definition) is 2. The third kappa shape index (κ3) is 4.16. The second-order valence-corrected chi connectivity index (χ2v) is 6.02. The highest BCUT2D eigenvalue weighted by molar-refractivity contribution is 6.33. The molecule has 2 aromatic rings. The fraction of sp³-hybridized carbons (Fsp3) is 0.267. The Hall–Kier alpha value is -2.14. The molecule has 0 radical (unpaired) electrons. The van der Waals surface area contributed by atoms with E-state index in [1.54, 1.807) is 18.2 Å². The van der Waals surface area contributed by atoms with E-state index in [1.165, 1.54) is 0 Å². The van der Waals surface area contributed by atoms with Crippen LogP contribution in [0.4, 0.5) is 17.3 Å². The van der Waals surface area contributed by atoms with E-state index in [1.807, 2.05) is 39.0 Å². The van der Waals surface area contributed by atoms with Gasteiger partial charge in [-0.05, 0) is 24.3 Å². The highest BCUT2D eigenvalue weighted by Gasteiger charge is 2.21. The fourth-order valence-corrected chi connectivity index (χ4v) is 1.65. The predicted octanol–water partition coefficient (Wildman–Crippen LogP) is 3.86. The SMILES string of the molecule is CC(C)(C)C(=O)Nc1ccc(Nc2ccccc2Cl)nn1. The van der Waals surface area contributed by atoms with Crippen LogP contribution in [0.1, 0.15) is 20.8 Å². The molecule has 0 unspecified atom stereocenters. The molecule has 21 heavy (non-hydrogen) atoms. The molecule has 0 bridgehead atoms. The Morgan fingerprint density at radius 2 is 1.67 bits per heavy atom. The van der Waals surface area contributed by atoms with Crippen molar-refractivity contribution < 1.29 is 4.79 Å². The number of halogens is 1.